The zero-order valence-electron chi connectivity index (χ0n) is 16.3. The van der Waals surface area contributed by atoms with Crippen LogP contribution >= 0.6 is 0 Å². The molecule has 11 nitrogen and oxygen atoms in total. The fourth-order valence-electron chi connectivity index (χ4n) is 3.05. The van der Waals surface area contributed by atoms with E-state index in [0.717, 1.165) is 0 Å². The summed E-state index contributed by atoms with van der Waals surface area (Å²) < 4.78 is 10.1. The van der Waals surface area contributed by atoms with Crippen LogP contribution in [0.1, 0.15) is 23.0 Å². The third-order valence-corrected chi connectivity index (χ3v) is 4.57. The minimum absolute atomic E-state index is 0.215. The molecule has 0 saturated carbocycles. The first kappa shape index (κ1) is 22.2. The molecule has 2 N–H and O–H groups in total. The topological polar surface area (TPSA) is 174 Å². The second-order valence-corrected chi connectivity index (χ2v) is 6.18. The lowest BCUT2D eigenvalue weighted by molar-refractivity contribution is -0.121. The number of azide groups is 2. The predicted octanol–water partition coefficient (Wildman–Crippen LogP) is 4.17. The lowest BCUT2D eigenvalue weighted by Crippen LogP contribution is -2.25. The number of Topliss-reactive ketones (excluding diaryl/α,β-unsaturated/α-hetero) is 1. The Balaban J connectivity index is 2.55. The van der Waals surface area contributed by atoms with Crippen molar-refractivity contribution in [1.82, 2.24) is 0 Å². The highest BCUT2D eigenvalue weighted by molar-refractivity contribution is 5.93. The Bertz CT molecular complexity index is 935. The summed E-state index contributed by atoms with van der Waals surface area (Å²) in [6.45, 7) is -0.558. The molecule has 0 amide bonds. The maximum absolute atomic E-state index is 13.4. The van der Waals surface area contributed by atoms with Crippen LogP contribution in [0.15, 0.2) is 46.6 Å². The molecule has 2 atom stereocenters. The molecule has 0 heterocycles. The number of ketones is 1. The van der Waals surface area contributed by atoms with E-state index in [1.165, 1.54) is 38.5 Å². The number of carbonyl (C=O) groups excluding carboxylic acids is 1. The van der Waals surface area contributed by atoms with Crippen molar-refractivity contribution in [2.75, 3.05) is 27.3 Å². The van der Waals surface area contributed by atoms with Gasteiger partial charge in [-0.2, -0.15) is 0 Å². The van der Waals surface area contributed by atoms with Crippen LogP contribution in [0.25, 0.3) is 20.9 Å². The van der Waals surface area contributed by atoms with E-state index in [4.69, 9.17) is 20.5 Å². The van der Waals surface area contributed by atoms with Crippen molar-refractivity contribution >= 4 is 5.78 Å². The van der Waals surface area contributed by atoms with E-state index in [-0.39, 0.29) is 35.7 Å². The van der Waals surface area contributed by atoms with Gasteiger partial charge in [-0.15, -0.1) is 0 Å². The van der Waals surface area contributed by atoms with Gasteiger partial charge in [0.1, 0.15) is 28.8 Å². The molecular weight excluding hydrogens is 392 g/mol. The number of rotatable bonds is 10. The number of ether oxygens (including phenoxy) is 2. The summed E-state index contributed by atoms with van der Waals surface area (Å²) in [6.07, 6.45) is 0. The lowest BCUT2D eigenvalue weighted by atomic mass is 9.83. The molecular formula is C19H20N6O5. The van der Waals surface area contributed by atoms with E-state index in [2.05, 4.69) is 20.1 Å². The van der Waals surface area contributed by atoms with Gasteiger partial charge in [0.2, 0.25) is 0 Å². The van der Waals surface area contributed by atoms with Gasteiger partial charge in [0.05, 0.1) is 26.1 Å². The molecule has 0 radical (unpaired) electrons. The first-order chi connectivity index (χ1) is 14.5. The number of methoxy groups -OCH3 is 2. The number of phenolic OH excluding ortho intramolecular Hbond substituents is 2. The van der Waals surface area contributed by atoms with Crippen LogP contribution in [-0.4, -0.2) is 43.3 Å². The normalized spacial score (nSPS) is 12.1. The van der Waals surface area contributed by atoms with Gasteiger partial charge >= 0.3 is 0 Å². The average Bonchev–Trinajstić information content (AvgIpc) is 2.75. The molecule has 0 bridgehead atoms. The van der Waals surface area contributed by atoms with Crippen molar-refractivity contribution in [3.63, 3.8) is 0 Å². The summed E-state index contributed by atoms with van der Waals surface area (Å²) in [5, 5.41) is 27.7. The van der Waals surface area contributed by atoms with Crippen molar-refractivity contribution in [3.8, 4) is 23.0 Å². The van der Waals surface area contributed by atoms with Crippen LogP contribution < -0.4 is 9.47 Å². The summed E-state index contributed by atoms with van der Waals surface area (Å²) in [7, 11) is 2.86. The zero-order chi connectivity index (χ0) is 22.1. The van der Waals surface area contributed by atoms with Crippen LogP contribution in [0, 0.1) is 0 Å². The molecule has 2 aromatic carbocycles. The monoisotopic (exact) mass is 412 g/mol. The van der Waals surface area contributed by atoms with Gasteiger partial charge in [0.15, 0.2) is 0 Å². The minimum Gasteiger partial charge on any atom is -0.508 e. The van der Waals surface area contributed by atoms with Crippen LogP contribution in [0.2, 0.25) is 0 Å². The Morgan fingerprint density at radius 1 is 0.900 bits per heavy atom. The van der Waals surface area contributed by atoms with E-state index in [1.807, 2.05) is 0 Å². The van der Waals surface area contributed by atoms with Crippen molar-refractivity contribution in [1.29, 1.82) is 0 Å². The van der Waals surface area contributed by atoms with Crippen LogP contribution in [0.4, 0.5) is 0 Å². The molecule has 2 aromatic rings. The number of hydrogen-bond acceptors (Lipinski definition) is 7. The quantitative estimate of drug-likeness (QED) is 0.338. The van der Waals surface area contributed by atoms with E-state index in [0.29, 0.717) is 11.5 Å². The van der Waals surface area contributed by atoms with E-state index in [1.54, 1.807) is 12.1 Å². The van der Waals surface area contributed by atoms with Gasteiger partial charge in [-0.3, -0.25) is 4.79 Å². The summed E-state index contributed by atoms with van der Waals surface area (Å²) >= 11 is 0. The third kappa shape index (κ3) is 5.05. The smallest absolute Gasteiger partial charge is 0.148 e. The molecule has 2 unspecified atom stereocenters. The Morgan fingerprint density at radius 3 is 1.60 bits per heavy atom. The number of benzene rings is 2. The van der Waals surface area contributed by atoms with Crippen LogP contribution in [0.5, 0.6) is 23.0 Å². The molecule has 0 aliphatic heterocycles. The van der Waals surface area contributed by atoms with Crippen molar-refractivity contribution < 1.29 is 24.5 Å². The van der Waals surface area contributed by atoms with Gasteiger partial charge in [-0.1, -0.05) is 22.4 Å². The molecule has 0 fully saturated rings. The fraction of sp³-hybridized carbons (Fsp3) is 0.316. The molecule has 30 heavy (non-hydrogen) atoms. The molecule has 2 rings (SSSR count). The number of hydrogen-bond donors (Lipinski definition) is 2. The Morgan fingerprint density at radius 2 is 1.30 bits per heavy atom. The Hall–Kier alpha value is -4.07. The van der Waals surface area contributed by atoms with Crippen molar-refractivity contribution in [2.45, 2.75) is 11.8 Å². The fourth-order valence-corrected chi connectivity index (χ4v) is 3.05. The van der Waals surface area contributed by atoms with E-state index in [9.17, 15) is 15.0 Å². The summed E-state index contributed by atoms with van der Waals surface area (Å²) in [5.41, 5.74) is 17.9. The molecule has 156 valence electrons. The standard InChI is InChI=1S/C19H20N6O5/c1-29-11-3-5-13(17(26)7-11)15(9-22-24-20)19(28)16(10-23-25-21)14-6-4-12(30-2)8-18(14)27/h3-8,15-16,26-27H,9-10H2,1-2H3. The number of aromatic hydroxyl groups is 2. The summed E-state index contributed by atoms with van der Waals surface area (Å²) in [4.78, 5) is 18.8. The first-order valence-corrected chi connectivity index (χ1v) is 8.76. The van der Waals surface area contributed by atoms with Gasteiger partial charge in [-0.25, -0.2) is 0 Å². The minimum atomic E-state index is -1.05. The second-order valence-electron chi connectivity index (χ2n) is 6.18. The maximum atomic E-state index is 13.4. The second kappa shape index (κ2) is 10.5. The van der Waals surface area contributed by atoms with E-state index < -0.39 is 17.6 Å². The molecule has 0 aromatic heterocycles. The van der Waals surface area contributed by atoms with Gasteiger partial charge in [0.25, 0.3) is 0 Å². The van der Waals surface area contributed by atoms with Gasteiger partial charge in [-0.05, 0) is 23.2 Å². The zero-order valence-corrected chi connectivity index (χ0v) is 16.3. The largest absolute Gasteiger partial charge is 0.508 e. The highest BCUT2D eigenvalue weighted by atomic mass is 16.5. The SMILES string of the molecule is COc1ccc(C(CN=[N+]=[N-])C(=O)C(CN=[N+]=[N-])c2ccc(OC)cc2O)c(O)c1. The predicted molar refractivity (Wildman–Crippen MR) is 108 cm³/mol. The number of phenols is 2. The maximum Gasteiger partial charge on any atom is 0.148 e. The van der Waals surface area contributed by atoms with Crippen LogP contribution in [-0.2, 0) is 4.79 Å². The number of nitrogens with zero attached hydrogens (tertiary/aromatic N) is 6. The summed E-state index contributed by atoms with van der Waals surface area (Å²) in [6, 6.07) is 8.75. The van der Waals surface area contributed by atoms with Gasteiger partial charge < -0.3 is 19.7 Å². The molecule has 0 aliphatic carbocycles. The molecule has 0 spiro atoms. The Kier molecular flexibility index (Phi) is 7.75. The van der Waals surface area contributed by atoms with Crippen molar-refractivity contribution in [3.05, 3.63) is 68.4 Å². The average molecular weight is 412 g/mol. The van der Waals surface area contributed by atoms with E-state index >= 15 is 0 Å². The summed E-state index contributed by atoms with van der Waals surface area (Å²) in [5.74, 6) is -2.28. The highest BCUT2D eigenvalue weighted by Gasteiger charge is 2.32. The Labute approximate surface area is 171 Å². The number of carbonyl (C=O) groups is 1. The highest BCUT2D eigenvalue weighted by Crippen LogP contribution is 2.37. The lowest BCUT2D eigenvalue weighted by Gasteiger charge is -2.22. The molecule has 0 aliphatic rings. The third-order valence-electron chi connectivity index (χ3n) is 4.57. The molecule has 0 saturated heterocycles. The van der Waals surface area contributed by atoms with Crippen molar-refractivity contribution in [2.24, 2.45) is 10.2 Å². The van der Waals surface area contributed by atoms with Crippen LogP contribution in [0.3, 0.4) is 0 Å². The van der Waals surface area contributed by atoms with Gasteiger partial charge in [0, 0.05) is 46.2 Å². The first-order valence-electron chi connectivity index (χ1n) is 8.76. The molecule has 11 heteroatoms.